The fourth-order valence-electron chi connectivity index (χ4n) is 1.91. The number of rotatable bonds is 6. The summed E-state index contributed by atoms with van der Waals surface area (Å²) in [4.78, 5) is 11.9. The van der Waals surface area contributed by atoms with Crippen LogP contribution in [-0.2, 0) is 4.79 Å². The van der Waals surface area contributed by atoms with Crippen LogP contribution < -0.4 is 20.1 Å². The number of carbonyl (C=O) groups excluding carboxylic acids is 1. The molecule has 0 fully saturated rings. The highest BCUT2D eigenvalue weighted by Gasteiger charge is 2.09. The van der Waals surface area contributed by atoms with Crippen LogP contribution in [0.1, 0.15) is 0 Å². The molecule has 2 N–H and O–H groups in total. The molecule has 0 unspecified atom stereocenters. The fourth-order valence-corrected chi connectivity index (χ4v) is 2.24. The molecular formula is C16H16BrFN2O3. The van der Waals surface area contributed by atoms with Crippen molar-refractivity contribution in [2.24, 2.45) is 0 Å². The largest absolute Gasteiger partial charge is 0.497 e. The summed E-state index contributed by atoms with van der Waals surface area (Å²) in [5, 5.41) is 5.45. The molecule has 0 saturated heterocycles. The predicted octanol–water partition coefficient (Wildman–Crippen LogP) is 3.66. The van der Waals surface area contributed by atoms with Crippen LogP contribution in [0, 0.1) is 5.82 Å². The molecule has 0 spiro atoms. The van der Waals surface area contributed by atoms with E-state index in [2.05, 4.69) is 26.6 Å². The Bertz CT molecular complexity index is 710. The second-order valence-corrected chi connectivity index (χ2v) is 5.51. The molecular weight excluding hydrogens is 367 g/mol. The maximum atomic E-state index is 13.7. The van der Waals surface area contributed by atoms with Gasteiger partial charge in [0.25, 0.3) is 0 Å². The highest BCUT2D eigenvalue weighted by molar-refractivity contribution is 9.10. The number of hydrogen-bond donors (Lipinski definition) is 2. The summed E-state index contributed by atoms with van der Waals surface area (Å²) < 4.78 is 24.6. The number of benzene rings is 2. The van der Waals surface area contributed by atoms with Crippen molar-refractivity contribution in [3.8, 4) is 11.5 Å². The molecule has 2 aromatic carbocycles. The van der Waals surface area contributed by atoms with Gasteiger partial charge >= 0.3 is 0 Å². The van der Waals surface area contributed by atoms with E-state index in [0.29, 0.717) is 21.7 Å². The molecule has 2 aromatic rings. The van der Waals surface area contributed by atoms with E-state index in [9.17, 15) is 9.18 Å². The van der Waals surface area contributed by atoms with Crippen molar-refractivity contribution in [2.75, 3.05) is 31.4 Å². The lowest BCUT2D eigenvalue weighted by atomic mass is 10.2. The molecule has 0 bridgehead atoms. The summed E-state index contributed by atoms with van der Waals surface area (Å²) in [6.45, 7) is -0.0296. The molecule has 0 aliphatic carbocycles. The molecule has 5 nitrogen and oxygen atoms in total. The predicted molar refractivity (Wildman–Crippen MR) is 90.8 cm³/mol. The van der Waals surface area contributed by atoms with Crippen LogP contribution in [0.25, 0.3) is 0 Å². The van der Waals surface area contributed by atoms with Gasteiger partial charge in [0.05, 0.1) is 32.1 Å². The first-order valence-electron chi connectivity index (χ1n) is 6.74. The Morgan fingerprint density at radius 2 is 1.87 bits per heavy atom. The minimum absolute atomic E-state index is 0.0296. The number of ether oxygens (including phenoxy) is 2. The molecule has 0 aliphatic rings. The summed E-state index contributed by atoms with van der Waals surface area (Å²) in [5.41, 5.74) is 0.765. The van der Waals surface area contributed by atoms with Crippen LogP contribution in [0.15, 0.2) is 40.9 Å². The van der Waals surface area contributed by atoms with Gasteiger partial charge < -0.3 is 20.1 Å². The quantitative estimate of drug-likeness (QED) is 0.800. The summed E-state index contributed by atoms with van der Waals surface area (Å²) in [5.74, 6) is 0.319. The first-order valence-corrected chi connectivity index (χ1v) is 7.53. The molecule has 0 aliphatic heterocycles. The normalized spacial score (nSPS) is 10.1. The zero-order valence-corrected chi connectivity index (χ0v) is 14.2. The highest BCUT2D eigenvalue weighted by atomic mass is 79.9. The Morgan fingerprint density at radius 3 is 2.52 bits per heavy atom. The summed E-state index contributed by atoms with van der Waals surface area (Å²) in [6, 6.07) is 9.62. The number of hydrogen-bond acceptors (Lipinski definition) is 4. The molecule has 0 saturated carbocycles. The van der Waals surface area contributed by atoms with Gasteiger partial charge in [0.2, 0.25) is 5.91 Å². The highest BCUT2D eigenvalue weighted by Crippen LogP contribution is 2.28. The SMILES string of the molecule is COc1ccc(NCC(=O)Nc2ccc(Br)cc2F)c(OC)c1. The van der Waals surface area contributed by atoms with E-state index >= 15 is 0 Å². The molecule has 1 amide bonds. The summed E-state index contributed by atoms with van der Waals surface area (Å²) in [6.07, 6.45) is 0. The minimum Gasteiger partial charge on any atom is -0.497 e. The first kappa shape index (κ1) is 17.1. The molecule has 0 radical (unpaired) electrons. The van der Waals surface area contributed by atoms with E-state index in [4.69, 9.17) is 9.47 Å². The summed E-state index contributed by atoms with van der Waals surface area (Å²) >= 11 is 3.16. The number of amides is 1. The molecule has 0 aromatic heterocycles. The average Bonchev–Trinajstić information content (AvgIpc) is 2.55. The standard InChI is InChI=1S/C16H16BrFN2O3/c1-22-11-4-6-14(15(8-11)23-2)19-9-16(21)20-13-5-3-10(17)7-12(13)18/h3-8,19H,9H2,1-2H3,(H,20,21). The van der Waals surface area contributed by atoms with Gasteiger partial charge in [-0.25, -0.2) is 4.39 Å². The van der Waals surface area contributed by atoms with E-state index < -0.39 is 5.82 Å². The van der Waals surface area contributed by atoms with Crippen LogP contribution in [0.4, 0.5) is 15.8 Å². The second kappa shape index (κ2) is 7.82. The van der Waals surface area contributed by atoms with Crippen molar-refractivity contribution in [3.63, 3.8) is 0 Å². The first-order chi connectivity index (χ1) is 11.0. The number of carbonyl (C=O) groups is 1. The van der Waals surface area contributed by atoms with Gasteiger partial charge in [0.1, 0.15) is 17.3 Å². The van der Waals surface area contributed by atoms with Crippen molar-refractivity contribution in [2.45, 2.75) is 0 Å². The third-order valence-corrected chi connectivity index (χ3v) is 3.55. The van der Waals surface area contributed by atoms with Gasteiger partial charge in [0, 0.05) is 10.5 Å². The lowest BCUT2D eigenvalue weighted by Gasteiger charge is -2.12. The number of nitrogens with one attached hydrogen (secondary N) is 2. The van der Waals surface area contributed by atoms with Gasteiger partial charge in [-0.05, 0) is 30.3 Å². The van der Waals surface area contributed by atoms with Gasteiger partial charge in [-0.1, -0.05) is 15.9 Å². The van der Waals surface area contributed by atoms with Gasteiger partial charge in [-0.2, -0.15) is 0 Å². The van der Waals surface area contributed by atoms with Gasteiger partial charge in [-0.3, -0.25) is 4.79 Å². The van der Waals surface area contributed by atoms with Crippen LogP contribution in [0.2, 0.25) is 0 Å². The molecule has 0 atom stereocenters. The average molecular weight is 383 g/mol. The van der Waals surface area contributed by atoms with E-state index in [1.165, 1.54) is 19.2 Å². The zero-order chi connectivity index (χ0) is 16.8. The maximum Gasteiger partial charge on any atom is 0.243 e. The minimum atomic E-state index is -0.505. The van der Waals surface area contributed by atoms with Crippen LogP contribution >= 0.6 is 15.9 Å². The molecule has 0 heterocycles. The number of methoxy groups -OCH3 is 2. The van der Waals surface area contributed by atoms with Crippen molar-refractivity contribution < 1.29 is 18.7 Å². The maximum absolute atomic E-state index is 13.7. The monoisotopic (exact) mass is 382 g/mol. The lowest BCUT2D eigenvalue weighted by molar-refractivity contribution is -0.114. The smallest absolute Gasteiger partial charge is 0.243 e. The van der Waals surface area contributed by atoms with Gasteiger partial charge in [-0.15, -0.1) is 0 Å². The van der Waals surface area contributed by atoms with E-state index in [0.717, 1.165) is 0 Å². The van der Waals surface area contributed by atoms with E-state index in [1.807, 2.05) is 0 Å². The summed E-state index contributed by atoms with van der Waals surface area (Å²) in [7, 11) is 3.08. The van der Waals surface area contributed by atoms with Crippen LogP contribution in [0.3, 0.4) is 0 Å². The molecule has 23 heavy (non-hydrogen) atoms. The molecule has 7 heteroatoms. The third-order valence-electron chi connectivity index (χ3n) is 3.05. The lowest BCUT2D eigenvalue weighted by Crippen LogP contribution is -2.22. The second-order valence-electron chi connectivity index (χ2n) is 4.59. The van der Waals surface area contributed by atoms with Crippen LogP contribution in [-0.4, -0.2) is 26.7 Å². The Hall–Kier alpha value is -2.28. The Morgan fingerprint density at radius 1 is 1.13 bits per heavy atom. The Labute approximate surface area is 141 Å². The van der Waals surface area contributed by atoms with Crippen molar-refractivity contribution in [1.29, 1.82) is 0 Å². The van der Waals surface area contributed by atoms with Crippen molar-refractivity contribution >= 4 is 33.2 Å². The zero-order valence-electron chi connectivity index (χ0n) is 12.7. The Kier molecular flexibility index (Phi) is 5.81. The molecule has 122 valence electrons. The van der Waals surface area contributed by atoms with Gasteiger partial charge in [0.15, 0.2) is 0 Å². The fraction of sp³-hybridized carbons (Fsp3) is 0.188. The third kappa shape index (κ3) is 4.59. The molecule has 2 rings (SSSR count). The van der Waals surface area contributed by atoms with Crippen LogP contribution in [0.5, 0.6) is 11.5 Å². The van der Waals surface area contributed by atoms with E-state index in [-0.39, 0.29) is 18.1 Å². The topological polar surface area (TPSA) is 59.6 Å². The number of halogens is 2. The van der Waals surface area contributed by atoms with E-state index in [1.54, 1.807) is 31.4 Å². The Balaban J connectivity index is 1.99. The number of anilines is 2. The van der Waals surface area contributed by atoms with Crippen molar-refractivity contribution in [1.82, 2.24) is 0 Å². The van der Waals surface area contributed by atoms with Crippen molar-refractivity contribution in [3.05, 3.63) is 46.7 Å².